The molecule has 0 spiro atoms. The molecule has 1 fully saturated rings. The van der Waals surface area contributed by atoms with Crippen LogP contribution in [0.1, 0.15) is 83.6 Å². The van der Waals surface area contributed by atoms with E-state index in [1.165, 1.54) is 37.4 Å². The third kappa shape index (κ3) is 9.29. The molecule has 8 heteroatoms. The molecule has 1 aromatic carbocycles. The summed E-state index contributed by atoms with van der Waals surface area (Å²) in [4.78, 5) is 25.6. The molecule has 1 atom stereocenters. The topological polar surface area (TPSA) is 76.1 Å². The van der Waals surface area contributed by atoms with E-state index in [2.05, 4.69) is 13.8 Å². The van der Waals surface area contributed by atoms with Crippen molar-refractivity contribution in [2.75, 3.05) is 13.7 Å². The van der Waals surface area contributed by atoms with Gasteiger partial charge in [-0.3, -0.25) is 14.5 Å². The molecule has 1 saturated heterocycles. The second-order valence-corrected chi connectivity index (χ2v) is 10.3. The van der Waals surface area contributed by atoms with E-state index in [0.29, 0.717) is 33.7 Å². The molecule has 6 nitrogen and oxygen atoms in total. The number of hydrogen-bond acceptors (Lipinski definition) is 6. The van der Waals surface area contributed by atoms with Crippen LogP contribution in [0.4, 0.5) is 0 Å². The van der Waals surface area contributed by atoms with E-state index in [-0.39, 0.29) is 18.4 Å². The number of methoxy groups -OCH3 is 1. The molecule has 0 radical (unpaired) electrons. The number of benzene rings is 1. The van der Waals surface area contributed by atoms with Gasteiger partial charge in [0.1, 0.15) is 4.32 Å². The Bertz CT molecular complexity index is 871. The van der Waals surface area contributed by atoms with Crippen molar-refractivity contribution in [3.8, 4) is 11.5 Å². The van der Waals surface area contributed by atoms with E-state index in [1.807, 2.05) is 24.3 Å². The number of amides is 1. The maximum atomic E-state index is 12.8. The Labute approximate surface area is 213 Å². The molecule has 0 bridgehead atoms. The monoisotopic (exact) mass is 507 g/mol. The second-order valence-electron chi connectivity index (χ2n) is 8.58. The predicted molar refractivity (Wildman–Crippen MR) is 142 cm³/mol. The minimum atomic E-state index is -0.794. The second kappa shape index (κ2) is 15.0. The normalized spacial score (nSPS) is 15.7. The Morgan fingerprint density at radius 1 is 1.15 bits per heavy atom. The van der Waals surface area contributed by atoms with Crippen LogP contribution < -0.4 is 9.47 Å². The number of unbranched alkanes of at least 4 members (excludes halogenated alkanes) is 6. The van der Waals surface area contributed by atoms with Gasteiger partial charge in [0, 0.05) is 13.0 Å². The SMILES string of the molecule is CCCCCCC[C@@H](C)Oc1ccc(/C=C2/SC(=S)N(CCCCCC(=O)O)C2=O)cc1OC. The summed E-state index contributed by atoms with van der Waals surface area (Å²) in [7, 11) is 1.62. The van der Waals surface area contributed by atoms with Crippen LogP contribution in [0.2, 0.25) is 0 Å². The van der Waals surface area contributed by atoms with Crippen molar-refractivity contribution in [2.45, 2.75) is 84.2 Å². The van der Waals surface area contributed by atoms with Crippen molar-refractivity contribution in [1.29, 1.82) is 0 Å². The number of carbonyl (C=O) groups excluding carboxylic acids is 1. The molecule has 0 aromatic heterocycles. The Morgan fingerprint density at radius 3 is 2.59 bits per heavy atom. The molecule has 1 aromatic rings. The van der Waals surface area contributed by atoms with E-state index in [4.69, 9.17) is 26.8 Å². The van der Waals surface area contributed by atoms with Gasteiger partial charge in [-0.2, -0.15) is 0 Å². The Balaban J connectivity index is 1.94. The van der Waals surface area contributed by atoms with Crippen LogP contribution >= 0.6 is 24.0 Å². The van der Waals surface area contributed by atoms with Crippen molar-refractivity contribution < 1.29 is 24.2 Å². The lowest BCUT2D eigenvalue weighted by atomic mass is 10.1. The van der Waals surface area contributed by atoms with Gasteiger partial charge in [0.15, 0.2) is 11.5 Å². The fraction of sp³-hybridized carbons (Fsp3) is 0.577. The van der Waals surface area contributed by atoms with Crippen molar-refractivity contribution in [1.82, 2.24) is 4.90 Å². The van der Waals surface area contributed by atoms with E-state index in [9.17, 15) is 9.59 Å². The van der Waals surface area contributed by atoms with E-state index >= 15 is 0 Å². The first-order valence-electron chi connectivity index (χ1n) is 12.2. The maximum Gasteiger partial charge on any atom is 0.303 e. The molecule has 1 aliphatic heterocycles. The fourth-order valence-corrected chi connectivity index (χ4v) is 5.06. The van der Waals surface area contributed by atoms with Crippen LogP contribution in [-0.2, 0) is 9.59 Å². The number of thioether (sulfide) groups is 1. The highest BCUT2D eigenvalue weighted by Crippen LogP contribution is 2.35. The lowest BCUT2D eigenvalue weighted by molar-refractivity contribution is -0.137. The van der Waals surface area contributed by atoms with Crippen LogP contribution in [0.25, 0.3) is 6.08 Å². The molecule has 0 unspecified atom stereocenters. The Kier molecular flexibility index (Phi) is 12.5. The summed E-state index contributed by atoms with van der Waals surface area (Å²) in [5.41, 5.74) is 0.846. The number of carbonyl (C=O) groups is 2. The molecule has 1 aliphatic rings. The van der Waals surface area contributed by atoms with E-state index < -0.39 is 5.97 Å². The molecule has 188 valence electrons. The standard InChI is InChI=1S/C26H37NO5S2/c1-4-5-6-7-9-12-19(2)32-21-15-14-20(17-22(21)31-3)18-23-25(30)27(26(33)34-23)16-11-8-10-13-24(28)29/h14-15,17-19H,4-13,16H2,1-3H3,(H,28,29)/b23-18+/t19-/m1/s1. The summed E-state index contributed by atoms with van der Waals surface area (Å²) in [6.45, 7) is 4.81. The van der Waals surface area contributed by atoms with Gasteiger partial charge in [0.25, 0.3) is 5.91 Å². The van der Waals surface area contributed by atoms with Gasteiger partial charge >= 0.3 is 5.97 Å². The predicted octanol–water partition coefficient (Wildman–Crippen LogP) is 6.67. The quantitative estimate of drug-likeness (QED) is 0.152. The largest absolute Gasteiger partial charge is 0.493 e. The number of carboxylic acid groups (broad SMARTS) is 1. The molecule has 1 heterocycles. The summed E-state index contributed by atoms with van der Waals surface area (Å²) in [5.74, 6) is 0.441. The molecular weight excluding hydrogens is 470 g/mol. The highest BCUT2D eigenvalue weighted by atomic mass is 32.2. The molecule has 1 amide bonds. The Morgan fingerprint density at radius 2 is 1.88 bits per heavy atom. The fourth-order valence-electron chi connectivity index (χ4n) is 3.75. The maximum absolute atomic E-state index is 12.8. The number of aliphatic carboxylic acids is 1. The third-order valence-electron chi connectivity index (χ3n) is 5.67. The van der Waals surface area contributed by atoms with Crippen molar-refractivity contribution >= 4 is 46.3 Å². The first-order valence-corrected chi connectivity index (χ1v) is 13.4. The first kappa shape index (κ1) is 28.2. The molecule has 0 aliphatic carbocycles. The summed E-state index contributed by atoms with van der Waals surface area (Å²) in [5, 5.41) is 8.73. The number of carboxylic acids is 1. The molecular formula is C26H37NO5S2. The van der Waals surface area contributed by atoms with Crippen molar-refractivity contribution in [3.05, 3.63) is 28.7 Å². The highest BCUT2D eigenvalue weighted by Gasteiger charge is 2.31. The minimum Gasteiger partial charge on any atom is -0.493 e. The summed E-state index contributed by atoms with van der Waals surface area (Å²) in [6.07, 6.45) is 11.4. The first-order chi connectivity index (χ1) is 16.3. The number of hydrogen-bond donors (Lipinski definition) is 1. The van der Waals surface area contributed by atoms with Crippen LogP contribution in [0, 0.1) is 0 Å². The number of thiocarbonyl (C=S) groups is 1. The van der Waals surface area contributed by atoms with Gasteiger partial charge in [-0.05, 0) is 56.4 Å². The Hall–Kier alpha value is -2.06. The molecule has 2 rings (SSSR count). The lowest BCUT2D eigenvalue weighted by Gasteiger charge is -2.17. The molecule has 0 saturated carbocycles. The van der Waals surface area contributed by atoms with Crippen LogP contribution in [0.5, 0.6) is 11.5 Å². The number of rotatable bonds is 16. The van der Waals surface area contributed by atoms with Crippen LogP contribution in [0.3, 0.4) is 0 Å². The average molecular weight is 508 g/mol. The van der Waals surface area contributed by atoms with Gasteiger partial charge in [-0.15, -0.1) is 0 Å². The summed E-state index contributed by atoms with van der Waals surface area (Å²) >= 11 is 6.68. The summed E-state index contributed by atoms with van der Waals surface area (Å²) < 4.78 is 12.2. The number of nitrogens with zero attached hydrogens (tertiary/aromatic N) is 1. The third-order valence-corrected chi connectivity index (χ3v) is 7.05. The summed E-state index contributed by atoms with van der Waals surface area (Å²) in [6, 6.07) is 5.69. The van der Waals surface area contributed by atoms with Crippen molar-refractivity contribution in [2.24, 2.45) is 0 Å². The van der Waals surface area contributed by atoms with Crippen molar-refractivity contribution in [3.63, 3.8) is 0 Å². The zero-order valence-electron chi connectivity index (χ0n) is 20.5. The van der Waals surface area contributed by atoms with Gasteiger partial charge in [-0.1, -0.05) is 69.1 Å². The molecule has 34 heavy (non-hydrogen) atoms. The van der Waals surface area contributed by atoms with Gasteiger partial charge in [0.2, 0.25) is 0 Å². The van der Waals surface area contributed by atoms with Crippen LogP contribution in [-0.4, -0.2) is 46.0 Å². The van der Waals surface area contributed by atoms with Gasteiger partial charge < -0.3 is 14.6 Å². The van der Waals surface area contributed by atoms with Gasteiger partial charge in [0.05, 0.1) is 18.1 Å². The lowest BCUT2D eigenvalue weighted by Crippen LogP contribution is -2.29. The van der Waals surface area contributed by atoms with Gasteiger partial charge in [-0.25, -0.2) is 0 Å². The minimum absolute atomic E-state index is 0.105. The number of ether oxygens (including phenoxy) is 2. The van der Waals surface area contributed by atoms with E-state index in [1.54, 1.807) is 12.0 Å². The van der Waals surface area contributed by atoms with Crippen LogP contribution in [0.15, 0.2) is 23.1 Å². The van der Waals surface area contributed by atoms with E-state index in [0.717, 1.165) is 31.2 Å². The zero-order valence-corrected chi connectivity index (χ0v) is 22.1. The molecule has 1 N–H and O–H groups in total. The zero-order chi connectivity index (χ0) is 24.9. The highest BCUT2D eigenvalue weighted by molar-refractivity contribution is 8.26. The smallest absolute Gasteiger partial charge is 0.303 e. The average Bonchev–Trinajstić information content (AvgIpc) is 3.06.